The van der Waals surface area contributed by atoms with Crippen LogP contribution in [0.15, 0.2) is 60.8 Å². The Hall–Kier alpha value is -4.53. The lowest BCUT2D eigenvalue weighted by molar-refractivity contribution is 0.00689. The molecule has 0 spiro atoms. The molecular formula is C33H38N4O5. The molecule has 1 saturated heterocycles. The quantitative estimate of drug-likeness (QED) is 0.219. The fraction of sp³-hybridized carbons (Fsp3) is 0.364. The van der Waals surface area contributed by atoms with Crippen molar-refractivity contribution in [2.24, 2.45) is 0 Å². The van der Waals surface area contributed by atoms with Gasteiger partial charge in [-0.1, -0.05) is 36.4 Å². The van der Waals surface area contributed by atoms with Crippen LogP contribution in [0.5, 0.6) is 0 Å². The van der Waals surface area contributed by atoms with Crippen LogP contribution in [0.3, 0.4) is 0 Å². The molecule has 0 saturated carbocycles. The number of aromatic nitrogens is 2. The molecule has 42 heavy (non-hydrogen) atoms. The largest absolute Gasteiger partial charge is 0.456 e. The van der Waals surface area contributed by atoms with Crippen LogP contribution in [0.25, 0.3) is 27.8 Å². The topological polar surface area (TPSA) is 96.9 Å². The van der Waals surface area contributed by atoms with Gasteiger partial charge in [0.05, 0.1) is 22.3 Å². The standard InChI is InChI=1S/C33H38N4O5/c1-32(2,3)41-30(39)22-19-26(34-20-22)24-12-8-10-14-28(24)37-27-13-9-7-11-23(27)25(21-38)29(37)35-15-17-36(18-16-35)31(40)42-33(4,5)6/h7-14,19-21,34H,15-18H2,1-6H3. The number of fused-ring (bicyclic) bond motifs is 1. The number of carbonyl (C=O) groups excluding carboxylic acids is 3. The molecule has 0 aliphatic carbocycles. The second-order valence-corrected chi connectivity index (χ2v) is 12.5. The van der Waals surface area contributed by atoms with Crippen molar-refractivity contribution >= 4 is 35.1 Å². The molecular weight excluding hydrogens is 532 g/mol. The molecule has 220 valence electrons. The summed E-state index contributed by atoms with van der Waals surface area (Å²) in [5.74, 6) is 0.363. The van der Waals surface area contributed by atoms with Gasteiger partial charge in [-0.3, -0.25) is 9.36 Å². The first-order chi connectivity index (χ1) is 19.9. The minimum atomic E-state index is -0.607. The molecule has 2 aromatic heterocycles. The first kappa shape index (κ1) is 29.0. The van der Waals surface area contributed by atoms with E-state index in [4.69, 9.17) is 9.47 Å². The zero-order chi connectivity index (χ0) is 30.2. The highest BCUT2D eigenvalue weighted by atomic mass is 16.6. The Bertz CT molecular complexity index is 1630. The number of H-pyrrole nitrogens is 1. The lowest BCUT2D eigenvalue weighted by atomic mass is 10.1. The molecule has 1 amide bonds. The molecule has 1 aliphatic heterocycles. The van der Waals surface area contributed by atoms with Crippen LogP contribution in [-0.4, -0.2) is 70.2 Å². The predicted molar refractivity (Wildman–Crippen MR) is 164 cm³/mol. The summed E-state index contributed by atoms with van der Waals surface area (Å²) in [5, 5.41) is 0.841. The smallest absolute Gasteiger partial charge is 0.410 e. The van der Waals surface area contributed by atoms with E-state index in [0.29, 0.717) is 37.3 Å². The second kappa shape index (κ2) is 11.0. The molecule has 2 aromatic carbocycles. The summed E-state index contributed by atoms with van der Waals surface area (Å²) in [6.45, 7) is 13.1. The van der Waals surface area contributed by atoms with Gasteiger partial charge in [-0.2, -0.15) is 0 Å². The van der Waals surface area contributed by atoms with Gasteiger partial charge < -0.3 is 24.3 Å². The van der Waals surface area contributed by atoms with E-state index in [-0.39, 0.29) is 6.09 Å². The van der Waals surface area contributed by atoms with E-state index >= 15 is 0 Å². The second-order valence-electron chi connectivity index (χ2n) is 12.5. The van der Waals surface area contributed by atoms with Crippen molar-refractivity contribution < 1.29 is 23.9 Å². The van der Waals surface area contributed by atoms with E-state index in [2.05, 4.69) is 14.5 Å². The van der Waals surface area contributed by atoms with Gasteiger partial charge in [0.15, 0.2) is 6.29 Å². The highest BCUT2D eigenvalue weighted by Gasteiger charge is 2.30. The van der Waals surface area contributed by atoms with E-state index in [0.717, 1.165) is 40.0 Å². The van der Waals surface area contributed by atoms with E-state index in [9.17, 15) is 14.4 Å². The number of piperazine rings is 1. The van der Waals surface area contributed by atoms with Gasteiger partial charge in [-0.15, -0.1) is 0 Å². The number of aromatic amines is 1. The third-order valence-electron chi connectivity index (χ3n) is 6.99. The maximum atomic E-state index is 12.8. The molecule has 9 nitrogen and oxygen atoms in total. The third kappa shape index (κ3) is 5.91. The molecule has 0 bridgehead atoms. The summed E-state index contributed by atoms with van der Waals surface area (Å²) in [6, 6.07) is 17.5. The highest BCUT2D eigenvalue weighted by Crippen LogP contribution is 2.39. The van der Waals surface area contributed by atoms with Crippen LogP contribution in [-0.2, 0) is 9.47 Å². The number of carbonyl (C=O) groups is 3. The SMILES string of the molecule is CC(C)(C)OC(=O)c1c[nH]c(-c2ccccc2-n2c(N3CCN(C(=O)OC(C)(C)C)CC3)c(C=O)c3ccccc32)c1. The van der Waals surface area contributed by atoms with Crippen LogP contribution in [0, 0.1) is 0 Å². The Morgan fingerprint density at radius 1 is 0.857 bits per heavy atom. The number of benzene rings is 2. The van der Waals surface area contributed by atoms with Gasteiger partial charge in [0.25, 0.3) is 0 Å². The maximum absolute atomic E-state index is 12.8. The number of hydrogen-bond acceptors (Lipinski definition) is 6. The van der Waals surface area contributed by atoms with E-state index in [1.807, 2.05) is 90.1 Å². The Morgan fingerprint density at radius 3 is 2.17 bits per heavy atom. The van der Waals surface area contributed by atoms with Gasteiger partial charge in [-0.05, 0) is 59.7 Å². The van der Waals surface area contributed by atoms with Crippen molar-refractivity contribution in [1.29, 1.82) is 0 Å². The van der Waals surface area contributed by atoms with Crippen molar-refractivity contribution in [2.45, 2.75) is 52.7 Å². The van der Waals surface area contributed by atoms with Crippen LogP contribution in [0.4, 0.5) is 10.6 Å². The van der Waals surface area contributed by atoms with Gasteiger partial charge >= 0.3 is 12.1 Å². The molecule has 0 radical (unpaired) electrons. The Balaban J connectivity index is 1.56. The van der Waals surface area contributed by atoms with Crippen molar-refractivity contribution in [1.82, 2.24) is 14.5 Å². The molecule has 1 fully saturated rings. The third-order valence-corrected chi connectivity index (χ3v) is 6.99. The fourth-order valence-corrected chi connectivity index (χ4v) is 5.25. The number of ether oxygens (including phenoxy) is 2. The van der Waals surface area contributed by atoms with Crippen LogP contribution >= 0.6 is 0 Å². The first-order valence-electron chi connectivity index (χ1n) is 14.2. The number of nitrogens with zero attached hydrogens (tertiary/aromatic N) is 3. The van der Waals surface area contributed by atoms with E-state index in [1.54, 1.807) is 17.2 Å². The predicted octanol–water partition coefficient (Wildman–Crippen LogP) is 6.45. The molecule has 0 atom stereocenters. The Labute approximate surface area is 246 Å². The number of para-hydroxylation sites is 2. The number of anilines is 1. The van der Waals surface area contributed by atoms with Crippen molar-refractivity contribution in [3.63, 3.8) is 0 Å². The number of amides is 1. The van der Waals surface area contributed by atoms with Crippen molar-refractivity contribution in [2.75, 3.05) is 31.1 Å². The first-order valence-corrected chi connectivity index (χ1v) is 14.2. The van der Waals surface area contributed by atoms with Crippen molar-refractivity contribution in [3.8, 4) is 16.9 Å². The summed E-state index contributed by atoms with van der Waals surface area (Å²) >= 11 is 0. The lowest BCUT2D eigenvalue weighted by Gasteiger charge is -2.37. The summed E-state index contributed by atoms with van der Waals surface area (Å²) in [5.41, 5.74) is 3.18. The molecule has 1 aliphatic rings. The summed E-state index contributed by atoms with van der Waals surface area (Å²) in [4.78, 5) is 45.2. The van der Waals surface area contributed by atoms with E-state index in [1.165, 1.54) is 0 Å². The Morgan fingerprint density at radius 2 is 1.50 bits per heavy atom. The van der Waals surface area contributed by atoms with Crippen LogP contribution in [0.1, 0.15) is 62.3 Å². The average molecular weight is 571 g/mol. The monoisotopic (exact) mass is 570 g/mol. The molecule has 4 aromatic rings. The summed E-state index contributed by atoms with van der Waals surface area (Å²) < 4.78 is 13.3. The van der Waals surface area contributed by atoms with Crippen molar-refractivity contribution in [3.05, 3.63) is 71.9 Å². The average Bonchev–Trinajstić information content (AvgIpc) is 3.55. The number of esters is 1. The fourth-order valence-electron chi connectivity index (χ4n) is 5.25. The van der Waals surface area contributed by atoms with Gasteiger partial charge in [0.2, 0.25) is 0 Å². The van der Waals surface area contributed by atoms with Gasteiger partial charge in [0, 0.05) is 49.0 Å². The molecule has 0 unspecified atom stereocenters. The molecule has 1 N–H and O–H groups in total. The van der Waals surface area contributed by atoms with Gasteiger partial charge in [-0.25, -0.2) is 9.59 Å². The minimum absolute atomic E-state index is 0.337. The maximum Gasteiger partial charge on any atom is 0.410 e. The number of aldehydes is 1. The van der Waals surface area contributed by atoms with Crippen LogP contribution < -0.4 is 4.90 Å². The summed E-state index contributed by atoms with van der Waals surface area (Å²) in [7, 11) is 0. The number of rotatable bonds is 5. The lowest BCUT2D eigenvalue weighted by Crippen LogP contribution is -2.50. The minimum Gasteiger partial charge on any atom is -0.456 e. The normalized spacial score (nSPS) is 14.2. The van der Waals surface area contributed by atoms with Gasteiger partial charge in [0.1, 0.15) is 17.0 Å². The molecule has 9 heteroatoms. The zero-order valence-corrected chi connectivity index (χ0v) is 25.1. The summed E-state index contributed by atoms with van der Waals surface area (Å²) in [6.07, 6.45) is 2.23. The van der Waals surface area contributed by atoms with Crippen LogP contribution in [0.2, 0.25) is 0 Å². The Kier molecular flexibility index (Phi) is 7.62. The molecule has 3 heterocycles. The molecule has 5 rings (SSSR count). The zero-order valence-electron chi connectivity index (χ0n) is 25.1. The van der Waals surface area contributed by atoms with E-state index < -0.39 is 17.2 Å². The highest BCUT2D eigenvalue weighted by molar-refractivity contribution is 6.05. The number of hydrogen-bond donors (Lipinski definition) is 1. The number of nitrogens with one attached hydrogen (secondary N) is 1.